The van der Waals surface area contributed by atoms with Crippen LogP contribution in [0, 0.1) is 22.7 Å². The van der Waals surface area contributed by atoms with E-state index >= 15 is 0 Å². The Labute approximate surface area is 133 Å². The molecule has 0 unspecified atom stereocenters. The quantitative estimate of drug-likeness (QED) is 0.541. The van der Waals surface area contributed by atoms with E-state index in [9.17, 15) is 0 Å². The first-order valence-electron chi connectivity index (χ1n) is 6.35. The van der Waals surface area contributed by atoms with Gasteiger partial charge in [-0.3, -0.25) is 0 Å². The molecule has 4 N–H and O–H groups in total. The summed E-state index contributed by atoms with van der Waals surface area (Å²) in [5, 5.41) is 50.9. The zero-order valence-electron chi connectivity index (χ0n) is 11.9. The number of benzene rings is 2. The summed E-state index contributed by atoms with van der Waals surface area (Å²) in [6.45, 7) is 0. The molecule has 0 atom stereocenters. The number of hydrogen-bond acceptors (Lipinski definition) is 7. The highest BCUT2D eigenvalue weighted by Crippen LogP contribution is 2.11. The molecule has 0 radical (unpaired) electrons. The first kappa shape index (κ1) is 18.2. The zero-order chi connectivity index (χ0) is 17.2. The summed E-state index contributed by atoms with van der Waals surface area (Å²) >= 11 is 0. The first-order valence-corrected chi connectivity index (χ1v) is 6.35. The Balaban J connectivity index is 0.000000231. The average Bonchev–Trinajstić information content (AvgIpc) is 2.55. The minimum absolute atomic E-state index is 0.309. The topological polar surface area (TPSA) is 138 Å². The Kier molecular flexibility index (Phi) is 7.34. The fraction of sp³-hybridized carbons (Fsp3) is 0. The van der Waals surface area contributed by atoms with E-state index < -0.39 is 14.4 Å². The standard InChI is InChI=1S/C7H6BNO3.C7H6BNO2/c9-5-6-1-3-7(4-2-6)12-8(10)11;9-5-6-1-3-7(4-2-6)8(10)11/h1-4,10-11H;1-4,10-11H. The average molecular weight is 310 g/mol. The zero-order valence-corrected chi connectivity index (χ0v) is 11.9. The van der Waals surface area contributed by atoms with Crippen LogP contribution in [0.2, 0.25) is 0 Å². The van der Waals surface area contributed by atoms with Crippen molar-refractivity contribution < 1.29 is 24.8 Å². The van der Waals surface area contributed by atoms with Crippen LogP contribution in [0.4, 0.5) is 0 Å². The van der Waals surface area contributed by atoms with Crippen molar-refractivity contribution in [2.75, 3.05) is 0 Å². The second-order valence-electron chi connectivity index (χ2n) is 4.19. The van der Waals surface area contributed by atoms with E-state index in [0.717, 1.165) is 0 Å². The van der Waals surface area contributed by atoms with Gasteiger partial charge in [0, 0.05) is 0 Å². The van der Waals surface area contributed by atoms with Crippen LogP contribution in [-0.2, 0) is 0 Å². The molecule has 0 bridgehead atoms. The molecule has 2 aromatic rings. The molecule has 114 valence electrons. The third-order valence-electron chi connectivity index (χ3n) is 2.56. The van der Waals surface area contributed by atoms with E-state index in [4.69, 9.17) is 30.6 Å². The van der Waals surface area contributed by atoms with Gasteiger partial charge in [-0.2, -0.15) is 10.5 Å². The van der Waals surface area contributed by atoms with E-state index in [1.807, 2.05) is 12.1 Å². The number of rotatable bonds is 3. The summed E-state index contributed by atoms with van der Waals surface area (Å²) in [4.78, 5) is 0. The second-order valence-corrected chi connectivity index (χ2v) is 4.19. The molecule has 9 heteroatoms. The lowest BCUT2D eigenvalue weighted by atomic mass is 9.80. The maximum Gasteiger partial charge on any atom is 0.707 e. The van der Waals surface area contributed by atoms with Crippen molar-refractivity contribution in [2.24, 2.45) is 0 Å². The lowest BCUT2D eigenvalue weighted by molar-refractivity contribution is 0.288. The highest BCUT2D eigenvalue weighted by atomic mass is 16.6. The molecule has 0 heterocycles. The molecular formula is C14H12B2N2O5. The van der Waals surface area contributed by atoms with Crippen molar-refractivity contribution in [3.63, 3.8) is 0 Å². The van der Waals surface area contributed by atoms with Gasteiger partial charge in [0.25, 0.3) is 0 Å². The van der Waals surface area contributed by atoms with Crippen LogP contribution in [0.3, 0.4) is 0 Å². The fourth-order valence-corrected chi connectivity index (χ4v) is 1.46. The molecule has 0 fully saturated rings. The van der Waals surface area contributed by atoms with E-state index in [0.29, 0.717) is 22.3 Å². The number of nitrogens with zero attached hydrogens (tertiary/aromatic N) is 2. The molecule has 0 spiro atoms. The third-order valence-corrected chi connectivity index (χ3v) is 2.56. The molecule has 7 nitrogen and oxygen atoms in total. The lowest BCUT2D eigenvalue weighted by Gasteiger charge is -2.02. The molecule has 0 aliphatic heterocycles. The summed E-state index contributed by atoms with van der Waals surface area (Å²) in [5.74, 6) is 0.309. The van der Waals surface area contributed by atoms with Gasteiger partial charge in [0.15, 0.2) is 0 Å². The smallest absolute Gasteiger partial charge is 0.512 e. The van der Waals surface area contributed by atoms with Gasteiger partial charge in [0.1, 0.15) is 5.75 Å². The molecule has 23 heavy (non-hydrogen) atoms. The normalized spacial score (nSPS) is 8.78. The van der Waals surface area contributed by atoms with E-state index in [-0.39, 0.29) is 0 Å². The van der Waals surface area contributed by atoms with Crippen molar-refractivity contribution in [1.29, 1.82) is 10.5 Å². The maximum atomic E-state index is 8.66. The van der Waals surface area contributed by atoms with Gasteiger partial charge < -0.3 is 24.8 Å². The monoisotopic (exact) mass is 310 g/mol. The van der Waals surface area contributed by atoms with Crippen LogP contribution in [0.15, 0.2) is 48.5 Å². The van der Waals surface area contributed by atoms with Gasteiger partial charge in [-0.05, 0) is 41.9 Å². The van der Waals surface area contributed by atoms with Gasteiger partial charge in [-0.1, -0.05) is 12.1 Å². The third kappa shape index (κ3) is 6.66. The molecule has 0 aliphatic rings. The predicted molar refractivity (Wildman–Crippen MR) is 83.0 cm³/mol. The summed E-state index contributed by atoms with van der Waals surface area (Å²) in [6, 6.07) is 16.0. The predicted octanol–water partition coefficient (Wildman–Crippen LogP) is -0.855. The van der Waals surface area contributed by atoms with Crippen LogP contribution in [0.25, 0.3) is 0 Å². The van der Waals surface area contributed by atoms with E-state index in [1.165, 1.54) is 48.5 Å². The Morgan fingerprint density at radius 3 is 1.52 bits per heavy atom. The van der Waals surface area contributed by atoms with Crippen molar-refractivity contribution in [3.05, 3.63) is 59.7 Å². The molecule has 0 amide bonds. The summed E-state index contributed by atoms with van der Waals surface area (Å²) in [7, 11) is -3.28. The molecule has 2 aromatic carbocycles. The number of nitriles is 2. The van der Waals surface area contributed by atoms with Crippen molar-refractivity contribution in [2.45, 2.75) is 0 Å². The van der Waals surface area contributed by atoms with Gasteiger partial charge >= 0.3 is 14.4 Å². The maximum absolute atomic E-state index is 8.66. The van der Waals surface area contributed by atoms with Gasteiger partial charge in [0.05, 0.1) is 23.3 Å². The van der Waals surface area contributed by atoms with Crippen molar-refractivity contribution in [3.8, 4) is 17.9 Å². The molecule has 0 saturated carbocycles. The molecule has 0 aromatic heterocycles. The highest BCUT2D eigenvalue weighted by molar-refractivity contribution is 6.58. The van der Waals surface area contributed by atoms with E-state index in [1.54, 1.807) is 0 Å². The Morgan fingerprint density at radius 1 is 0.739 bits per heavy atom. The molecule has 0 saturated heterocycles. The molecule has 2 rings (SSSR count). The van der Waals surface area contributed by atoms with Crippen LogP contribution in [0.1, 0.15) is 11.1 Å². The van der Waals surface area contributed by atoms with Crippen LogP contribution < -0.4 is 10.1 Å². The minimum Gasteiger partial charge on any atom is -0.512 e. The van der Waals surface area contributed by atoms with Crippen LogP contribution in [-0.4, -0.2) is 34.5 Å². The Morgan fingerprint density at radius 2 is 1.17 bits per heavy atom. The van der Waals surface area contributed by atoms with Crippen molar-refractivity contribution >= 4 is 19.9 Å². The minimum atomic E-state index is -1.82. The lowest BCUT2D eigenvalue weighted by Crippen LogP contribution is -2.29. The summed E-state index contributed by atoms with van der Waals surface area (Å²) in [5.41, 5.74) is 1.40. The highest BCUT2D eigenvalue weighted by Gasteiger charge is 2.10. The summed E-state index contributed by atoms with van der Waals surface area (Å²) in [6.07, 6.45) is 0. The Hall–Kier alpha value is -2.81. The SMILES string of the molecule is N#Cc1ccc(B(O)O)cc1.N#Cc1ccc(OB(O)O)cc1. The number of hydrogen-bond donors (Lipinski definition) is 4. The first-order chi connectivity index (χ1) is 11.0. The Bertz CT molecular complexity index is 691. The summed E-state index contributed by atoms with van der Waals surface area (Å²) < 4.78 is 4.52. The van der Waals surface area contributed by atoms with E-state index in [2.05, 4.69) is 4.65 Å². The van der Waals surface area contributed by atoms with Gasteiger partial charge in [0.2, 0.25) is 0 Å². The van der Waals surface area contributed by atoms with Gasteiger partial charge in [-0.25, -0.2) is 0 Å². The molecule has 0 aliphatic carbocycles. The van der Waals surface area contributed by atoms with Crippen LogP contribution >= 0.6 is 0 Å². The molecular weight excluding hydrogens is 298 g/mol. The fourth-order valence-electron chi connectivity index (χ4n) is 1.46. The van der Waals surface area contributed by atoms with Gasteiger partial charge in [-0.15, -0.1) is 0 Å². The largest absolute Gasteiger partial charge is 0.707 e. The van der Waals surface area contributed by atoms with Crippen molar-refractivity contribution in [1.82, 2.24) is 0 Å². The second kappa shape index (κ2) is 9.26. The van der Waals surface area contributed by atoms with Crippen LogP contribution in [0.5, 0.6) is 5.75 Å².